The van der Waals surface area contributed by atoms with Crippen LogP contribution in [0, 0.1) is 13.8 Å². The fourth-order valence-corrected chi connectivity index (χ4v) is 2.35. The van der Waals surface area contributed by atoms with Crippen LogP contribution in [-0.2, 0) is 0 Å². The van der Waals surface area contributed by atoms with Gasteiger partial charge in [-0.3, -0.25) is 4.79 Å². The molecule has 0 atom stereocenters. The predicted octanol–water partition coefficient (Wildman–Crippen LogP) is 4.68. The largest absolute Gasteiger partial charge is 0.321 e. The average Bonchev–Trinajstić information content (AvgIpc) is 2.41. The maximum atomic E-state index is 12.5. The minimum atomic E-state index is -0.0423. The number of benzene rings is 2. The lowest BCUT2D eigenvalue weighted by Gasteiger charge is -2.17. The van der Waals surface area contributed by atoms with Gasteiger partial charge in [0.05, 0.1) is 0 Å². The van der Waals surface area contributed by atoms with Crippen LogP contribution in [-0.4, -0.2) is 5.91 Å². The maximum absolute atomic E-state index is 12.5. The monoisotopic (exact) mass is 267 g/mol. The van der Waals surface area contributed by atoms with Gasteiger partial charge in [-0.15, -0.1) is 0 Å². The van der Waals surface area contributed by atoms with E-state index in [1.165, 1.54) is 5.56 Å². The van der Waals surface area contributed by atoms with Gasteiger partial charge in [-0.1, -0.05) is 50.2 Å². The van der Waals surface area contributed by atoms with Crippen LogP contribution in [0.25, 0.3) is 0 Å². The Balaban J connectivity index is 2.36. The summed E-state index contributed by atoms with van der Waals surface area (Å²) in [6.45, 7) is 8.26. The lowest BCUT2D eigenvalue weighted by atomic mass is 9.97. The lowest BCUT2D eigenvalue weighted by Crippen LogP contribution is -2.15. The van der Waals surface area contributed by atoms with Crippen LogP contribution >= 0.6 is 0 Å². The van der Waals surface area contributed by atoms with Gasteiger partial charge < -0.3 is 5.32 Å². The maximum Gasteiger partial charge on any atom is 0.255 e. The number of para-hydroxylation sites is 1. The summed E-state index contributed by atoms with van der Waals surface area (Å²) in [5, 5.41) is 3.08. The van der Waals surface area contributed by atoms with Crippen molar-refractivity contribution >= 4 is 11.6 Å². The number of anilines is 1. The molecule has 2 aromatic carbocycles. The molecular formula is C18H21NO. The molecule has 0 fully saturated rings. The third-order valence-corrected chi connectivity index (χ3v) is 3.56. The highest BCUT2D eigenvalue weighted by Crippen LogP contribution is 2.28. The van der Waals surface area contributed by atoms with Gasteiger partial charge in [0, 0.05) is 11.3 Å². The Hall–Kier alpha value is -2.09. The highest BCUT2D eigenvalue weighted by atomic mass is 16.1. The average molecular weight is 267 g/mol. The third-order valence-electron chi connectivity index (χ3n) is 3.56. The summed E-state index contributed by atoms with van der Waals surface area (Å²) in [5.74, 6) is 0.335. The predicted molar refractivity (Wildman–Crippen MR) is 84.4 cm³/mol. The second-order valence-corrected chi connectivity index (χ2v) is 5.46. The molecule has 2 rings (SSSR count). The van der Waals surface area contributed by atoms with Crippen molar-refractivity contribution in [3.63, 3.8) is 0 Å². The number of aryl methyl sites for hydroxylation is 2. The molecule has 0 aliphatic carbocycles. The molecule has 20 heavy (non-hydrogen) atoms. The van der Waals surface area contributed by atoms with E-state index in [2.05, 4.69) is 25.2 Å². The van der Waals surface area contributed by atoms with Crippen LogP contribution in [0.4, 0.5) is 5.69 Å². The number of hydrogen-bond donors (Lipinski definition) is 1. The first-order valence-electron chi connectivity index (χ1n) is 6.97. The molecule has 0 aliphatic heterocycles. The number of amides is 1. The van der Waals surface area contributed by atoms with Gasteiger partial charge in [0.2, 0.25) is 0 Å². The minimum Gasteiger partial charge on any atom is -0.321 e. The van der Waals surface area contributed by atoms with Crippen molar-refractivity contribution in [3.05, 3.63) is 64.7 Å². The van der Waals surface area contributed by atoms with E-state index in [9.17, 15) is 4.79 Å². The Labute approximate surface area is 120 Å². The van der Waals surface area contributed by atoms with Crippen LogP contribution in [0.3, 0.4) is 0 Å². The number of carbonyl (C=O) groups excluding carboxylic acids is 1. The Morgan fingerprint density at radius 2 is 1.60 bits per heavy atom. The van der Waals surface area contributed by atoms with Gasteiger partial charge in [-0.2, -0.15) is 0 Å². The molecule has 0 radical (unpaired) electrons. The SMILES string of the molecule is Cc1ccccc1C(=O)Nc1c(C)cccc1C(C)C. The van der Waals surface area contributed by atoms with Crippen LogP contribution < -0.4 is 5.32 Å². The van der Waals surface area contributed by atoms with Gasteiger partial charge in [0.1, 0.15) is 0 Å². The van der Waals surface area contributed by atoms with Gasteiger partial charge in [-0.05, 0) is 42.5 Å². The molecule has 104 valence electrons. The zero-order valence-corrected chi connectivity index (χ0v) is 12.5. The van der Waals surface area contributed by atoms with E-state index >= 15 is 0 Å². The molecular weight excluding hydrogens is 246 g/mol. The molecule has 0 saturated heterocycles. The van der Waals surface area contributed by atoms with Crippen molar-refractivity contribution in [2.24, 2.45) is 0 Å². The van der Waals surface area contributed by atoms with Crippen molar-refractivity contribution in [2.75, 3.05) is 5.32 Å². The van der Waals surface area contributed by atoms with Gasteiger partial charge in [0.25, 0.3) is 5.91 Å². The van der Waals surface area contributed by atoms with E-state index < -0.39 is 0 Å². The second kappa shape index (κ2) is 5.91. The van der Waals surface area contributed by atoms with E-state index in [0.29, 0.717) is 5.92 Å². The molecule has 0 heterocycles. The number of nitrogens with one attached hydrogen (secondary N) is 1. The van der Waals surface area contributed by atoms with Crippen molar-refractivity contribution in [2.45, 2.75) is 33.6 Å². The third kappa shape index (κ3) is 2.90. The summed E-state index contributed by atoms with van der Waals surface area (Å²) < 4.78 is 0. The highest BCUT2D eigenvalue weighted by molar-refractivity contribution is 6.06. The highest BCUT2D eigenvalue weighted by Gasteiger charge is 2.14. The fraction of sp³-hybridized carbons (Fsp3) is 0.278. The molecule has 0 saturated carbocycles. The zero-order valence-electron chi connectivity index (χ0n) is 12.5. The molecule has 1 amide bonds. The van der Waals surface area contributed by atoms with Crippen LogP contribution in [0.5, 0.6) is 0 Å². The minimum absolute atomic E-state index is 0.0423. The second-order valence-electron chi connectivity index (χ2n) is 5.46. The summed E-state index contributed by atoms with van der Waals surface area (Å²) in [4.78, 5) is 12.5. The van der Waals surface area contributed by atoms with E-state index in [1.54, 1.807) is 0 Å². The summed E-state index contributed by atoms with van der Waals surface area (Å²) in [6, 6.07) is 13.8. The van der Waals surface area contributed by atoms with Crippen molar-refractivity contribution in [3.8, 4) is 0 Å². The summed E-state index contributed by atoms with van der Waals surface area (Å²) >= 11 is 0. The Morgan fingerprint density at radius 1 is 0.950 bits per heavy atom. The Kier molecular flexibility index (Phi) is 4.23. The molecule has 0 spiro atoms. The summed E-state index contributed by atoms with van der Waals surface area (Å²) in [5.41, 5.74) is 4.93. The lowest BCUT2D eigenvalue weighted by molar-refractivity contribution is 0.102. The van der Waals surface area contributed by atoms with Crippen LogP contribution in [0.2, 0.25) is 0 Å². The normalized spacial score (nSPS) is 10.7. The molecule has 2 aromatic rings. The number of hydrogen-bond acceptors (Lipinski definition) is 1. The molecule has 0 unspecified atom stereocenters. The molecule has 0 bridgehead atoms. The van der Waals surface area contributed by atoms with Gasteiger partial charge in [0.15, 0.2) is 0 Å². The Bertz CT molecular complexity index is 629. The quantitative estimate of drug-likeness (QED) is 0.859. The Morgan fingerprint density at radius 3 is 2.25 bits per heavy atom. The van der Waals surface area contributed by atoms with E-state index in [4.69, 9.17) is 0 Å². The van der Waals surface area contributed by atoms with E-state index in [0.717, 1.165) is 22.4 Å². The first kappa shape index (κ1) is 14.3. The molecule has 0 aliphatic rings. The fourth-order valence-electron chi connectivity index (χ4n) is 2.35. The first-order valence-corrected chi connectivity index (χ1v) is 6.97. The standard InChI is InChI=1S/C18H21NO/c1-12(2)15-11-7-9-14(4)17(15)19-18(20)16-10-6-5-8-13(16)3/h5-12H,1-4H3,(H,19,20). The molecule has 1 N–H and O–H groups in total. The van der Waals surface area contributed by atoms with Gasteiger partial charge in [-0.25, -0.2) is 0 Å². The van der Waals surface area contributed by atoms with E-state index in [1.807, 2.05) is 50.2 Å². The summed E-state index contributed by atoms with van der Waals surface area (Å²) in [6.07, 6.45) is 0. The van der Waals surface area contributed by atoms with Crippen molar-refractivity contribution < 1.29 is 4.79 Å². The smallest absolute Gasteiger partial charge is 0.255 e. The number of rotatable bonds is 3. The van der Waals surface area contributed by atoms with Crippen LogP contribution in [0.15, 0.2) is 42.5 Å². The van der Waals surface area contributed by atoms with E-state index in [-0.39, 0.29) is 5.91 Å². The molecule has 0 aromatic heterocycles. The molecule has 2 heteroatoms. The van der Waals surface area contributed by atoms with Crippen molar-refractivity contribution in [1.29, 1.82) is 0 Å². The zero-order chi connectivity index (χ0) is 14.7. The molecule has 2 nitrogen and oxygen atoms in total. The van der Waals surface area contributed by atoms with Crippen LogP contribution in [0.1, 0.15) is 46.8 Å². The number of carbonyl (C=O) groups is 1. The summed E-state index contributed by atoms with van der Waals surface area (Å²) in [7, 11) is 0. The topological polar surface area (TPSA) is 29.1 Å². The first-order chi connectivity index (χ1) is 9.50. The van der Waals surface area contributed by atoms with Gasteiger partial charge >= 0.3 is 0 Å². The van der Waals surface area contributed by atoms with Crippen molar-refractivity contribution in [1.82, 2.24) is 0 Å².